The van der Waals surface area contributed by atoms with Gasteiger partial charge in [0.05, 0.1) is 0 Å². The van der Waals surface area contributed by atoms with Crippen molar-refractivity contribution < 1.29 is 0 Å². The Bertz CT molecular complexity index is 642. The van der Waals surface area contributed by atoms with Crippen molar-refractivity contribution in [3.63, 3.8) is 0 Å². The van der Waals surface area contributed by atoms with Crippen LogP contribution in [0.15, 0.2) is 33.7 Å². The first-order chi connectivity index (χ1) is 12.2. The molecule has 0 amide bonds. The molecule has 1 atom stereocenters. The third-order valence-electron chi connectivity index (χ3n) is 6.06. The topological polar surface area (TPSA) is 39.7 Å². The van der Waals surface area contributed by atoms with E-state index in [9.17, 15) is 0 Å². The van der Waals surface area contributed by atoms with Crippen molar-refractivity contribution in [1.82, 2.24) is 15.5 Å². The first-order valence-electron chi connectivity index (χ1n) is 9.64. The lowest BCUT2D eigenvalue weighted by molar-refractivity contribution is 0.314. The maximum atomic E-state index is 4.43. The second-order valence-electron chi connectivity index (χ2n) is 7.95. The number of halogens is 2. The van der Waals surface area contributed by atoms with Gasteiger partial charge in [0, 0.05) is 42.6 Å². The summed E-state index contributed by atoms with van der Waals surface area (Å²) in [5.41, 5.74) is 1.70. The third-order valence-corrected chi connectivity index (χ3v) is 6.75. The van der Waals surface area contributed by atoms with Crippen molar-refractivity contribution in [3.8, 4) is 0 Å². The van der Waals surface area contributed by atoms with Gasteiger partial charge in [-0.1, -0.05) is 34.1 Å². The Kier molecular flexibility index (Phi) is 6.88. The first kappa shape index (κ1) is 20.4. The van der Waals surface area contributed by atoms with Crippen LogP contribution in [0.2, 0.25) is 0 Å². The summed E-state index contributed by atoms with van der Waals surface area (Å²) in [6, 6.07) is 9.53. The molecule has 6 heteroatoms. The number of hydrogen-bond donors (Lipinski definition) is 2. The fourth-order valence-corrected chi connectivity index (χ4v) is 4.80. The highest BCUT2D eigenvalue weighted by atomic mass is 127. The van der Waals surface area contributed by atoms with E-state index >= 15 is 0 Å². The largest absolute Gasteiger partial charge is 0.356 e. The number of benzene rings is 1. The second kappa shape index (κ2) is 8.78. The number of hydrogen-bond acceptors (Lipinski definition) is 2. The van der Waals surface area contributed by atoms with Gasteiger partial charge in [-0.25, -0.2) is 0 Å². The Hall–Kier alpha value is -0.340. The zero-order valence-corrected chi connectivity index (χ0v) is 19.4. The molecular weight excluding hydrogens is 503 g/mol. The zero-order valence-electron chi connectivity index (χ0n) is 15.5. The van der Waals surface area contributed by atoms with E-state index in [2.05, 4.69) is 60.7 Å². The van der Waals surface area contributed by atoms with Gasteiger partial charge in [0.2, 0.25) is 0 Å². The number of likely N-dealkylation sites (tertiary alicyclic amines) is 1. The molecule has 0 aromatic heterocycles. The van der Waals surface area contributed by atoms with Crippen molar-refractivity contribution in [2.45, 2.75) is 43.6 Å². The average molecular weight is 533 g/mol. The summed E-state index contributed by atoms with van der Waals surface area (Å²) >= 11 is 3.72. The summed E-state index contributed by atoms with van der Waals surface area (Å²) in [4.78, 5) is 7.11. The molecule has 4 rings (SSSR count). The van der Waals surface area contributed by atoms with E-state index in [1.54, 1.807) is 0 Å². The van der Waals surface area contributed by atoms with E-state index in [4.69, 9.17) is 0 Å². The summed E-state index contributed by atoms with van der Waals surface area (Å²) in [5.74, 6) is 1.71. The molecule has 144 valence electrons. The number of guanidine groups is 1. The number of nitrogens with zero attached hydrogens (tertiary/aromatic N) is 2. The minimum atomic E-state index is 0. The van der Waals surface area contributed by atoms with Crippen LogP contribution in [0.4, 0.5) is 0 Å². The summed E-state index contributed by atoms with van der Waals surface area (Å²) in [6.45, 7) is 4.53. The van der Waals surface area contributed by atoms with Gasteiger partial charge in [-0.3, -0.25) is 4.99 Å². The van der Waals surface area contributed by atoms with Crippen LogP contribution in [-0.2, 0) is 5.41 Å². The molecule has 2 aliphatic carbocycles. The molecule has 2 N–H and O–H groups in total. The average Bonchev–Trinajstić information content (AvgIpc) is 3.55. The van der Waals surface area contributed by atoms with Gasteiger partial charge in [0.15, 0.2) is 5.96 Å². The molecule has 1 saturated heterocycles. The Morgan fingerprint density at radius 2 is 2.00 bits per heavy atom. The van der Waals surface area contributed by atoms with Crippen LogP contribution >= 0.6 is 39.9 Å². The molecule has 1 aromatic carbocycles. The Balaban J connectivity index is 0.00000196. The molecule has 3 aliphatic rings. The Morgan fingerprint density at radius 1 is 1.23 bits per heavy atom. The van der Waals surface area contributed by atoms with Crippen LogP contribution in [0.3, 0.4) is 0 Å². The highest BCUT2D eigenvalue weighted by Crippen LogP contribution is 2.49. The van der Waals surface area contributed by atoms with E-state index in [0.29, 0.717) is 0 Å². The molecule has 0 radical (unpaired) electrons. The lowest BCUT2D eigenvalue weighted by atomic mass is 9.96. The van der Waals surface area contributed by atoms with Crippen molar-refractivity contribution in [3.05, 3.63) is 34.3 Å². The predicted octanol–water partition coefficient (Wildman–Crippen LogP) is 3.75. The lowest BCUT2D eigenvalue weighted by Gasteiger charge is -2.21. The number of rotatable bonds is 6. The third kappa shape index (κ3) is 4.73. The maximum Gasteiger partial charge on any atom is 0.191 e. The van der Waals surface area contributed by atoms with Gasteiger partial charge in [-0.05, 0) is 56.2 Å². The predicted molar refractivity (Wildman–Crippen MR) is 123 cm³/mol. The van der Waals surface area contributed by atoms with E-state index in [0.717, 1.165) is 31.0 Å². The first-order valence-corrected chi connectivity index (χ1v) is 10.4. The molecule has 0 spiro atoms. The van der Waals surface area contributed by atoms with Crippen LogP contribution in [-0.4, -0.2) is 50.1 Å². The van der Waals surface area contributed by atoms with Crippen LogP contribution < -0.4 is 10.6 Å². The highest BCUT2D eigenvalue weighted by Gasteiger charge is 2.45. The molecule has 3 fully saturated rings. The van der Waals surface area contributed by atoms with E-state index in [1.165, 1.54) is 55.2 Å². The summed E-state index contributed by atoms with van der Waals surface area (Å²) in [5, 5.41) is 7.13. The number of nitrogens with one attached hydrogen (secondary N) is 2. The quantitative estimate of drug-likeness (QED) is 0.333. The SMILES string of the molecule is CN=C(NCC1CCN(C2CC2)C1)NCC1(c2ccccc2Br)CC1.I. The van der Waals surface area contributed by atoms with E-state index < -0.39 is 0 Å². The summed E-state index contributed by atoms with van der Waals surface area (Å²) in [7, 11) is 1.87. The standard InChI is InChI=1S/C20H29BrN4.HI/c1-22-19(23-12-15-8-11-25(13-15)16-6-7-16)24-14-20(9-10-20)17-4-2-3-5-18(17)21;/h2-5,15-16H,6-14H2,1H3,(H2,22,23,24);1H. The molecule has 1 heterocycles. The van der Waals surface area contributed by atoms with Gasteiger partial charge in [-0.2, -0.15) is 0 Å². The van der Waals surface area contributed by atoms with Crippen LogP contribution in [0, 0.1) is 5.92 Å². The fourth-order valence-electron chi connectivity index (χ4n) is 4.10. The Morgan fingerprint density at radius 3 is 2.65 bits per heavy atom. The minimum Gasteiger partial charge on any atom is -0.356 e. The van der Waals surface area contributed by atoms with Gasteiger partial charge in [0.1, 0.15) is 0 Å². The van der Waals surface area contributed by atoms with E-state index in [-0.39, 0.29) is 29.4 Å². The highest BCUT2D eigenvalue weighted by molar-refractivity contribution is 14.0. The molecule has 1 aliphatic heterocycles. The van der Waals surface area contributed by atoms with Crippen molar-refractivity contribution in [2.24, 2.45) is 10.9 Å². The number of aliphatic imine (C=N–C) groups is 1. The van der Waals surface area contributed by atoms with Gasteiger partial charge in [0.25, 0.3) is 0 Å². The molecule has 26 heavy (non-hydrogen) atoms. The zero-order chi connectivity index (χ0) is 17.3. The van der Waals surface area contributed by atoms with Crippen molar-refractivity contribution in [2.75, 3.05) is 33.2 Å². The molecular formula is C20H30BrIN4. The molecule has 1 unspecified atom stereocenters. The van der Waals surface area contributed by atoms with E-state index in [1.807, 2.05) is 7.05 Å². The van der Waals surface area contributed by atoms with Crippen LogP contribution in [0.5, 0.6) is 0 Å². The van der Waals surface area contributed by atoms with Gasteiger partial charge < -0.3 is 15.5 Å². The summed E-state index contributed by atoms with van der Waals surface area (Å²) < 4.78 is 1.23. The molecule has 0 bridgehead atoms. The second-order valence-corrected chi connectivity index (χ2v) is 8.80. The normalized spacial score (nSPS) is 24.8. The summed E-state index contributed by atoms with van der Waals surface area (Å²) in [6.07, 6.45) is 6.65. The molecule has 2 saturated carbocycles. The molecule has 1 aromatic rings. The maximum absolute atomic E-state index is 4.43. The lowest BCUT2D eigenvalue weighted by Crippen LogP contribution is -2.43. The van der Waals surface area contributed by atoms with Gasteiger partial charge in [-0.15, -0.1) is 24.0 Å². The Labute approximate surface area is 182 Å². The smallest absolute Gasteiger partial charge is 0.191 e. The van der Waals surface area contributed by atoms with Crippen molar-refractivity contribution in [1.29, 1.82) is 0 Å². The van der Waals surface area contributed by atoms with Gasteiger partial charge >= 0.3 is 0 Å². The van der Waals surface area contributed by atoms with Crippen LogP contribution in [0.1, 0.15) is 37.7 Å². The monoisotopic (exact) mass is 532 g/mol. The molecule has 4 nitrogen and oxygen atoms in total. The fraction of sp³-hybridized carbons (Fsp3) is 0.650. The minimum absolute atomic E-state index is 0. The van der Waals surface area contributed by atoms with Crippen molar-refractivity contribution >= 4 is 45.9 Å². The van der Waals surface area contributed by atoms with Crippen LogP contribution in [0.25, 0.3) is 0 Å².